The van der Waals surface area contributed by atoms with Gasteiger partial charge < -0.3 is 19.2 Å². The molecular formula is C23H21N3O5S. The Bertz CT molecular complexity index is 1240. The van der Waals surface area contributed by atoms with Crippen molar-refractivity contribution in [1.29, 1.82) is 0 Å². The first-order valence-corrected chi connectivity index (χ1v) is 10.5. The summed E-state index contributed by atoms with van der Waals surface area (Å²) in [7, 11) is 4.42. The molecule has 0 spiro atoms. The second kappa shape index (κ2) is 9.11. The maximum Gasteiger partial charge on any atom is 0.357 e. The van der Waals surface area contributed by atoms with Crippen LogP contribution in [0, 0.1) is 0 Å². The van der Waals surface area contributed by atoms with E-state index in [1.165, 1.54) is 18.4 Å². The molecule has 0 fully saturated rings. The van der Waals surface area contributed by atoms with E-state index in [0.717, 1.165) is 10.9 Å². The predicted molar refractivity (Wildman–Crippen MR) is 122 cm³/mol. The number of amides is 1. The van der Waals surface area contributed by atoms with E-state index >= 15 is 0 Å². The van der Waals surface area contributed by atoms with Gasteiger partial charge in [-0.2, -0.15) is 0 Å². The van der Waals surface area contributed by atoms with Gasteiger partial charge in [-0.1, -0.05) is 30.3 Å². The number of aromatic amines is 1. The fourth-order valence-electron chi connectivity index (χ4n) is 3.37. The van der Waals surface area contributed by atoms with E-state index in [-0.39, 0.29) is 5.69 Å². The van der Waals surface area contributed by atoms with Crippen molar-refractivity contribution in [1.82, 2.24) is 9.97 Å². The molecule has 164 valence electrons. The van der Waals surface area contributed by atoms with Crippen LogP contribution in [0.2, 0.25) is 0 Å². The highest BCUT2D eigenvalue weighted by atomic mass is 32.1. The number of benzene rings is 2. The zero-order valence-electron chi connectivity index (χ0n) is 17.7. The molecule has 2 N–H and O–H groups in total. The Kier molecular flexibility index (Phi) is 6.09. The lowest BCUT2D eigenvalue weighted by atomic mass is 10.1. The van der Waals surface area contributed by atoms with Crippen LogP contribution < -0.4 is 14.8 Å². The number of H-pyrrole nitrogens is 1. The van der Waals surface area contributed by atoms with Crippen LogP contribution in [0.1, 0.15) is 31.4 Å². The summed E-state index contributed by atoms with van der Waals surface area (Å²) >= 11 is 1.24. The summed E-state index contributed by atoms with van der Waals surface area (Å²) in [4.78, 5) is 33.2. The molecule has 0 aliphatic carbocycles. The number of aromatic nitrogens is 2. The molecule has 4 aromatic rings. The number of nitrogens with one attached hydrogen (secondary N) is 2. The Hall–Kier alpha value is -3.85. The van der Waals surface area contributed by atoms with E-state index < -0.39 is 11.9 Å². The number of carbonyl (C=O) groups is 2. The van der Waals surface area contributed by atoms with Gasteiger partial charge in [0.1, 0.15) is 17.2 Å². The minimum atomic E-state index is -0.548. The van der Waals surface area contributed by atoms with Crippen molar-refractivity contribution in [2.75, 3.05) is 26.6 Å². The SMILES string of the molecule is COC(=O)c1nc(NC(=O)c2cc3c(OC)ccc(OC)c3[nH]2)sc1Cc1ccccc1. The van der Waals surface area contributed by atoms with Crippen molar-refractivity contribution < 1.29 is 23.8 Å². The molecule has 4 rings (SSSR count). The van der Waals surface area contributed by atoms with Crippen molar-refractivity contribution in [3.05, 3.63) is 70.4 Å². The number of carbonyl (C=O) groups excluding carboxylic acids is 2. The van der Waals surface area contributed by atoms with E-state index in [4.69, 9.17) is 14.2 Å². The van der Waals surface area contributed by atoms with E-state index in [1.54, 1.807) is 32.4 Å². The van der Waals surface area contributed by atoms with Crippen molar-refractivity contribution >= 4 is 39.2 Å². The average molecular weight is 452 g/mol. The van der Waals surface area contributed by atoms with E-state index in [2.05, 4.69) is 15.3 Å². The minimum absolute atomic E-state index is 0.191. The van der Waals surface area contributed by atoms with Crippen LogP contribution in [0.4, 0.5) is 5.13 Å². The molecule has 8 nitrogen and oxygen atoms in total. The highest BCUT2D eigenvalue weighted by molar-refractivity contribution is 7.16. The Morgan fingerprint density at radius 3 is 2.44 bits per heavy atom. The summed E-state index contributed by atoms with van der Waals surface area (Å²) in [5.41, 5.74) is 2.17. The van der Waals surface area contributed by atoms with Crippen LogP contribution in [0.3, 0.4) is 0 Å². The molecule has 0 atom stereocenters. The predicted octanol–water partition coefficient (Wildman–Crippen LogP) is 4.27. The van der Waals surface area contributed by atoms with Gasteiger partial charge in [0.15, 0.2) is 10.8 Å². The molecule has 0 unspecified atom stereocenters. The van der Waals surface area contributed by atoms with Crippen LogP contribution in [0.5, 0.6) is 11.5 Å². The zero-order valence-corrected chi connectivity index (χ0v) is 18.5. The third-order valence-electron chi connectivity index (χ3n) is 4.90. The zero-order chi connectivity index (χ0) is 22.7. The monoisotopic (exact) mass is 451 g/mol. The van der Waals surface area contributed by atoms with Gasteiger partial charge in [0.05, 0.1) is 26.8 Å². The lowest BCUT2D eigenvalue weighted by Crippen LogP contribution is -2.12. The quantitative estimate of drug-likeness (QED) is 0.407. The molecule has 2 heterocycles. The molecule has 0 saturated heterocycles. The number of nitrogens with zero attached hydrogens (tertiary/aromatic N) is 1. The highest BCUT2D eigenvalue weighted by Gasteiger charge is 2.22. The maximum absolute atomic E-state index is 12.9. The van der Waals surface area contributed by atoms with Crippen LogP contribution in [-0.4, -0.2) is 43.2 Å². The Labute approximate surface area is 188 Å². The normalized spacial score (nSPS) is 10.7. The van der Waals surface area contributed by atoms with Crippen molar-refractivity contribution in [2.45, 2.75) is 6.42 Å². The van der Waals surface area contributed by atoms with Crippen molar-refractivity contribution in [3.63, 3.8) is 0 Å². The van der Waals surface area contributed by atoms with Crippen LogP contribution in [0.15, 0.2) is 48.5 Å². The van der Waals surface area contributed by atoms with Gasteiger partial charge in [-0.3, -0.25) is 10.1 Å². The Morgan fingerprint density at radius 1 is 1.03 bits per heavy atom. The Morgan fingerprint density at radius 2 is 1.75 bits per heavy atom. The summed E-state index contributed by atoms with van der Waals surface area (Å²) in [5.74, 6) is 0.255. The molecule has 1 amide bonds. The van der Waals surface area contributed by atoms with E-state index in [9.17, 15) is 9.59 Å². The van der Waals surface area contributed by atoms with Gasteiger partial charge in [0, 0.05) is 16.7 Å². The van der Waals surface area contributed by atoms with Crippen molar-refractivity contribution in [2.24, 2.45) is 0 Å². The highest BCUT2D eigenvalue weighted by Crippen LogP contribution is 2.34. The third kappa shape index (κ3) is 4.15. The van der Waals surface area contributed by atoms with E-state index in [0.29, 0.717) is 39.1 Å². The van der Waals surface area contributed by atoms with Gasteiger partial charge in [0.2, 0.25) is 0 Å². The second-order valence-electron chi connectivity index (χ2n) is 6.84. The number of esters is 1. The summed E-state index contributed by atoms with van der Waals surface area (Å²) in [6.07, 6.45) is 0.500. The number of methoxy groups -OCH3 is 3. The first-order valence-electron chi connectivity index (χ1n) is 9.71. The van der Waals surface area contributed by atoms with Crippen LogP contribution in [-0.2, 0) is 11.2 Å². The molecule has 2 aromatic heterocycles. The first-order chi connectivity index (χ1) is 15.5. The number of hydrogen-bond donors (Lipinski definition) is 2. The average Bonchev–Trinajstić information content (AvgIpc) is 3.43. The largest absolute Gasteiger partial charge is 0.496 e. The lowest BCUT2D eigenvalue weighted by molar-refractivity contribution is 0.0593. The van der Waals surface area contributed by atoms with Gasteiger partial charge in [-0.05, 0) is 23.8 Å². The third-order valence-corrected chi connectivity index (χ3v) is 5.87. The number of anilines is 1. The summed E-state index contributed by atoms with van der Waals surface area (Å²) in [5, 5.41) is 3.79. The number of ether oxygens (including phenoxy) is 3. The molecule has 9 heteroatoms. The molecule has 0 saturated carbocycles. The van der Waals surface area contributed by atoms with Gasteiger partial charge in [-0.15, -0.1) is 11.3 Å². The van der Waals surface area contributed by atoms with Crippen LogP contribution in [0.25, 0.3) is 10.9 Å². The molecule has 32 heavy (non-hydrogen) atoms. The first kappa shape index (κ1) is 21.4. The standard InChI is InChI=1S/C23H21N3O5S/c1-29-16-9-10-17(30-2)19-14(16)12-15(24-19)21(27)26-23-25-20(22(28)31-3)18(32-23)11-13-7-5-4-6-8-13/h4-10,12,24H,11H2,1-3H3,(H,25,26,27). The number of fused-ring (bicyclic) bond motifs is 1. The second-order valence-corrected chi connectivity index (χ2v) is 7.92. The molecule has 0 aliphatic heterocycles. The molecule has 2 aromatic carbocycles. The lowest BCUT2D eigenvalue weighted by Gasteiger charge is -2.05. The molecular weight excluding hydrogens is 430 g/mol. The molecule has 0 aliphatic rings. The topological polar surface area (TPSA) is 103 Å². The Balaban J connectivity index is 1.64. The number of hydrogen-bond acceptors (Lipinski definition) is 7. The van der Waals surface area contributed by atoms with Gasteiger partial charge in [0.25, 0.3) is 5.91 Å². The van der Waals surface area contributed by atoms with Gasteiger partial charge >= 0.3 is 5.97 Å². The molecule has 0 bridgehead atoms. The number of thiazole rings is 1. The van der Waals surface area contributed by atoms with E-state index in [1.807, 2.05) is 30.3 Å². The van der Waals surface area contributed by atoms with Crippen molar-refractivity contribution in [3.8, 4) is 11.5 Å². The van der Waals surface area contributed by atoms with Gasteiger partial charge in [-0.25, -0.2) is 9.78 Å². The smallest absolute Gasteiger partial charge is 0.357 e. The number of rotatable bonds is 7. The molecule has 0 radical (unpaired) electrons. The summed E-state index contributed by atoms with van der Waals surface area (Å²) in [6.45, 7) is 0. The maximum atomic E-state index is 12.9. The van der Waals surface area contributed by atoms with Crippen LogP contribution >= 0.6 is 11.3 Å². The minimum Gasteiger partial charge on any atom is -0.496 e. The fourth-order valence-corrected chi connectivity index (χ4v) is 4.34. The fraction of sp³-hybridized carbons (Fsp3) is 0.174. The summed E-state index contributed by atoms with van der Waals surface area (Å²) in [6, 6.07) is 14.9. The summed E-state index contributed by atoms with van der Waals surface area (Å²) < 4.78 is 15.6.